The van der Waals surface area contributed by atoms with Crippen LogP contribution in [0.2, 0.25) is 0 Å². The normalized spacial score (nSPS) is 12.4. The van der Waals surface area contributed by atoms with Crippen LogP contribution in [0, 0.1) is 0 Å². The highest BCUT2D eigenvalue weighted by Gasteiger charge is 2.07. The van der Waals surface area contributed by atoms with Gasteiger partial charge in [0.15, 0.2) is 0 Å². The fourth-order valence-corrected chi connectivity index (χ4v) is 1.72. The fourth-order valence-electron chi connectivity index (χ4n) is 1.72. The number of nitrogens with one attached hydrogen (secondary N) is 1. The van der Waals surface area contributed by atoms with Crippen LogP contribution < -0.4 is 10.1 Å². The van der Waals surface area contributed by atoms with E-state index >= 15 is 0 Å². The van der Waals surface area contributed by atoms with Crippen LogP contribution in [0.3, 0.4) is 0 Å². The first-order valence-corrected chi connectivity index (χ1v) is 6.72. The molecule has 0 amide bonds. The van der Waals surface area contributed by atoms with Crippen molar-refractivity contribution in [2.75, 3.05) is 20.3 Å². The molecule has 1 rings (SSSR count). The largest absolute Gasteiger partial charge is 0.490 e. The number of benzene rings is 1. The Morgan fingerprint density at radius 3 is 2.78 bits per heavy atom. The number of hydrogen-bond acceptors (Lipinski definition) is 3. The van der Waals surface area contributed by atoms with Gasteiger partial charge in [-0.05, 0) is 26.0 Å². The molecule has 0 aromatic heterocycles. The maximum Gasteiger partial charge on any atom is 0.124 e. The van der Waals surface area contributed by atoms with Crippen molar-refractivity contribution in [1.82, 2.24) is 5.32 Å². The van der Waals surface area contributed by atoms with Crippen molar-refractivity contribution < 1.29 is 9.47 Å². The molecule has 3 heteroatoms. The molecule has 102 valence electrons. The maximum absolute atomic E-state index is 5.96. The summed E-state index contributed by atoms with van der Waals surface area (Å²) in [5.74, 6) is 0.977. The van der Waals surface area contributed by atoms with Crippen LogP contribution >= 0.6 is 0 Å². The number of hydrogen-bond donors (Lipinski definition) is 1. The Hall–Kier alpha value is -1.06. The van der Waals surface area contributed by atoms with Crippen LogP contribution in [-0.2, 0) is 11.3 Å². The molecule has 18 heavy (non-hydrogen) atoms. The second-order valence-electron chi connectivity index (χ2n) is 4.49. The molecule has 0 fully saturated rings. The number of rotatable bonds is 9. The number of methoxy groups -OCH3 is 1. The Labute approximate surface area is 110 Å². The van der Waals surface area contributed by atoms with Crippen molar-refractivity contribution in [3.8, 4) is 5.75 Å². The predicted octanol–water partition coefficient (Wildman–Crippen LogP) is 2.99. The van der Waals surface area contributed by atoms with Gasteiger partial charge in [0.2, 0.25) is 0 Å². The average molecular weight is 251 g/mol. The number of para-hydroxylation sites is 1. The number of ether oxygens (including phenoxy) is 2. The molecule has 0 spiro atoms. The predicted molar refractivity (Wildman–Crippen MR) is 75.0 cm³/mol. The second-order valence-corrected chi connectivity index (χ2v) is 4.49. The summed E-state index contributed by atoms with van der Waals surface area (Å²) in [6, 6.07) is 8.21. The van der Waals surface area contributed by atoms with Crippen molar-refractivity contribution in [1.29, 1.82) is 0 Å². The van der Waals surface area contributed by atoms with Gasteiger partial charge in [-0.3, -0.25) is 0 Å². The highest BCUT2D eigenvalue weighted by Crippen LogP contribution is 2.19. The molecule has 1 aromatic carbocycles. The lowest BCUT2D eigenvalue weighted by molar-refractivity contribution is 0.134. The lowest BCUT2D eigenvalue weighted by Crippen LogP contribution is -2.18. The summed E-state index contributed by atoms with van der Waals surface area (Å²) in [5, 5.41) is 3.40. The zero-order chi connectivity index (χ0) is 13.2. The third-order valence-corrected chi connectivity index (χ3v) is 2.77. The monoisotopic (exact) mass is 251 g/mol. The molecule has 1 N–H and O–H groups in total. The van der Waals surface area contributed by atoms with Gasteiger partial charge in [0, 0.05) is 32.2 Å². The minimum atomic E-state index is 0.178. The maximum atomic E-state index is 5.96. The van der Waals surface area contributed by atoms with E-state index in [9.17, 15) is 0 Å². The Morgan fingerprint density at radius 1 is 1.28 bits per heavy atom. The molecule has 3 nitrogen and oxygen atoms in total. The molecule has 0 saturated heterocycles. The molecule has 0 radical (unpaired) electrons. The first-order valence-electron chi connectivity index (χ1n) is 6.72. The second kappa shape index (κ2) is 8.95. The lowest BCUT2D eigenvalue weighted by atomic mass is 10.2. The molecule has 0 bridgehead atoms. The van der Waals surface area contributed by atoms with E-state index < -0.39 is 0 Å². The summed E-state index contributed by atoms with van der Waals surface area (Å²) >= 11 is 0. The Bertz CT molecular complexity index is 328. The van der Waals surface area contributed by atoms with E-state index in [0.717, 1.165) is 38.3 Å². The summed E-state index contributed by atoms with van der Waals surface area (Å²) in [7, 11) is 1.72. The quantitative estimate of drug-likeness (QED) is 0.684. The van der Waals surface area contributed by atoms with Crippen LogP contribution in [0.15, 0.2) is 24.3 Å². The summed E-state index contributed by atoms with van der Waals surface area (Å²) in [4.78, 5) is 0. The average Bonchev–Trinajstić information content (AvgIpc) is 2.38. The highest BCUT2D eigenvalue weighted by molar-refractivity contribution is 5.33. The van der Waals surface area contributed by atoms with Crippen molar-refractivity contribution in [2.24, 2.45) is 0 Å². The molecular weight excluding hydrogens is 226 g/mol. The van der Waals surface area contributed by atoms with E-state index in [0.29, 0.717) is 0 Å². The van der Waals surface area contributed by atoms with Crippen LogP contribution in [0.1, 0.15) is 32.3 Å². The van der Waals surface area contributed by atoms with Crippen molar-refractivity contribution >= 4 is 0 Å². The molecule has 0 aliphatic heterocycles. The smallest absolute Gasteiger partial charge is 0.124 e. The van der Waals surface area contributed by atoms with Gasteiger partial charge in [0.05, 0.1) is 6.10 Å². The molecule has 0 aliphatic rings. The van der Waals surface area contributed by atoms with Gasteiger partial charge in [-0.2, -0.15) is 0 Å². The van der Waals surface area contributed by atoms with Crippen LogP contribution in [0.25, 0.3) is 0 Å². The Balaban J connectivity index is 2.52. The molecule has 1 aromatic rings. The topological polar surface area (TPSA) is 30.5 Å². The molecule has 1 unspecified atom stereocenters. The van der Waals surface area contributed by atoms with Crippen LogP contribution in [-0.4, -0.2) is 26.4 Å². The minimum absolute atomic E-state index is 0.178. The molecular formula is C15H25NO2. The molecule has 0 aliphatic carbocycles. The van der Waals surface area contributed by atoms with E-state index in [2.05, 4.69) is 31.3 Å². The Kier molecular flexibility index (Phi) is 7.46. The first kappa shape index (κ1) is 15.0. The summed E-state index contributed by atoms with van der Waals surface area (Å²) < 4.78 is 11.0. The van der Waals surface area contributed by atoms with E-state index in [-0.39, 0.29) is 6.10 Å². The van der Waals surface area contributed by atoms with Gasteiger partial charge in [-0.1, -0.05) is 25.1 Å². The summed E-state index contributed by atoms with van der Waals surface area (Å²) in [6.45, 7) is 6.88. The third-order valence-electron chi connectivity index (χ3n) is 2.77. The first-order chi connectivity index (χ1) is 8.77. The summed E-state index contributed by atoms with van der Waals surface area (Å²) in [6.07, 6.45) is 2.23. The molecule has 0 saturated carbocycles. The van der Waals surface area contributed by atoms with E-state index in [4.69, 9.17) is 9.47 Å². The standard InChI is InChI=1S/C15H25NO2/c1-4-10-16-12-14-7-5-6-8-15(14)18-13(2)9-11-17-3/h5-8,13,16H,4,9-12H2,1-3H3. The lowest BCUT2D eigenvalue weighted by Gasteiger charge is -2.17. The molecule has 1 atom stereocenters. The van der Waals surface area contributed by atoms with Gasteiger partial charge < -0.3 is 14.8 Å². The van der Waals surface area contributed by atoms with Gasteiger partial charge in [-0.25, -0.2) is 0 Å². The van der Waals surface area contributed by atoms with Crippen LogP contribution in [0.4, 0.5) is 0 Å². The molecule has 0 heterocycles. The minimum Gasteiger partial charge on any atom is -0.490 e. The fraction of sp³-hybridized carbons (Fsp3) is 0.600. The van der Waals surface area contributed by atoms with Crippen LogP contribution in [0.5, 0.6) is 5.75 Å². The van der Waals surface area contributed by atoms with Gasteiger partial charge in [-0.15, -0.1) is 0 Å². The summed E-state index contributed by atoms with van der Waals surface area (Å²) in [5.41, 5.74) is 1.22. The van der Waals surface area contributed by atoms with E-state index in [1.165, 1.54) is 5.56 Å². The van der Waals surface area contributed by atoms with Gasteiger partial charge in [0.1, 0.15) is 5.75 Å². The van der Waals surface area contributed by atoms with Crippen molar-refractivity contribution in [3.05, 3.63) is 29.8 Å². The zero-order valence-electron chi connectivity index (χ0n) is 11.7. The Morgan fingerprint density at radius 2 is 2.06 bits per heavy atom. The zero-order valence-corrected chi connectivity index (χ0v) is 11.7. The highest BCUT2D eigenvalue weighted by atomic mass is 16.5. The SMILES string of the molecule is CCCNCc1ccccc1OC(C)CCOC. The third kappa shape index (κ3) is 5.52. The van der Waals surface area contributed by atoms with E-state index in [1.54, 1.807) is 7.11 Å². The van der Waals surface area contributed by atoms with Gasteiger partial charge in [0.25, 0.3) is 0 Å². The van der Waals surface area contributed by atoms with Gasteiger partial charge >= 0.3 is 0 Å². The van der Waals surface area contributed by atoms with Crippen molar-refractivity contribution in [3.63, 3.8) is 0 Å². The van der Waals surface area contributed by atoms with Crippen molar-refractivity contribution in [2.45, 2.75) is 39.3 Å². The van der Waals surface area contributed by atoms with E-state index in [1.807, 2.05) is 12.1 Å².